The third-order valence-corrected chi connectivity index (χ3v) is 5.56. The molecule has 27 heavy (non-hydrogen) atoms. The van der Waals surface area contributed by atoms with E-state index in [1.807, 2.05) is 4.68 Å². The van der Waals surface area contributed by atoms with E-state index in [4.69, 9.17) is 9.97 Å². The Bertz CT molecular complexity index is 744. The highest BCUT2D eigenvalue weighted by Gasteiger charge is 2.22. The third kappa shape index (κ3) is 4.05. The molecule has 0 bridgehead atoms. The Morgan fingerprint density at radius 3 is 2.41 bits per heavy atom. The monoisotopic (exact) mass is 370 g/mol. The number of anilines is 2. The molecule has 4 heterocycles. The highest BCUT2D eigenvalue weighted by Crippen LogP contribution is 2.22. The second-order valence-electron chi connectivity index (χ2n) is 7.32. The van der Waals surface area contributed by atoms with Crippen LogP contribution in [0.15, 0.2) is 12.4 Å². The Morgan fingerprint density at radius 1 is 0.926 bits per heavy atom. The van der Waals surface area contributed by atoms with Crippen molar-refractivity contribution in [1.29, 1.82) is 0 Å². The quantitative estimate of drug-likeness (QED) is 0.765. The standard InChI is InChI=1S/C19H30N8/c1-3-16-13-17(23-19(22-16)26-7-5-6-8-26)25-11-9-24(10-12-25)14-18-20-15-21-27(18)4-2/h13,15H,3-12,14H2,1-2H3. The van der Waals surface area contributed by atoms with Gasteiger partial charge in [-0.1, -0.05) is 6.92 Å². The molecule has 8 nitrogen and oxygen atoms in total. The molecule has 0 aliphatic carbocycles. The number of aryl methyl sites for hydroxylation is 2. The van der Waals surface area contributed by atoms with Gasteiger partial charge in [0.25, 0.3) is 0 Å². The van der Waals surface area contributed by atoms with Gasteiger partial charge >= 0.3 is 0 Å². The summed E-state index contributed by atoms with van der Waals surface area (Å²) in [5, 5.41) is 4.28. The van der Waals surface area contributed by atoms with Crippen LogP contribution in [0.2, 0.25) is 0 Å². The fraction of sp³-hybridized carbons (Fsp3) is 0.684. The average molecular weight is 371 g/mol. The van der Waals surface area contributed by atoms with Crippen molar-refractivity contribution in [3.63, 3.8) is 0 Å². The first kappa shape index (κ1) is 18.2. The van der Waals surface area contributed by atoms with Crippen LogP contribution >= 0.6 is 0 Å². The van der Waals surface area contributed by atoms with E-state index >= 15 is 0 Å². The summed E-state index contributed by atoms with van der Waals surface area (Å²) in [7, 11) is 0. The van der Waals surface area contributed by atoms with Crippen LogP contribution in [0.4, 0.5) is 11.8 Å². The second kappa shape index (κ2) is 8.21. The molecule has 0 N–H and O–H groups in total. The lowest BCUT2D eigenvalue weighted by atomic mass is 10.2. The van der Waals surface area contributed by atoms with Gasteiger partial charge in [0, 0.05) is 57.6 Å². The van der Waals surface area contributed by atoms with Gasteiger partial charge in [0.2, 0.25) is 5.95 Å². The summed E-state index contributed by atoms with van der Waals surface area (Å²) in [4.78, 5) is 21.3. The lowest BCUT2D eigenvalue weighted by Crippen LogP contribution is -2.46. The van der Waals surface area contributed by atoms with E-state index in [1.54, 1.807) is 6.33 Å². The Balaban J connectivity index is 1.42. The van der Waals surface area contributed by atoms with Gasteiger partial charge in [-0.3, -0.25) is 4.90 Å². The summed E-state index contributed by atoms with van der Waals surface area (Å²) in [5.41, 5.74) is 1.14. The van der Waals surface area contributed by atoms with Gasteiger partial charge in [0.1, 0.15) is 18.0 Å². The van der Waals surface area contributed by atoms with E-state index in [9.17, 15) is 0 Å². The van der Waals surface area contributed by atoms with Gasteiger partial charge in [-0.25, -0.2) is 14.6 Å². The first-order valence-corrected chi connectivity index (χ1v) is 10.2. The summed E-state index contributed by atoms with van der Waals surface area (Å²) >= 11 is 0. The number of piperazine rings is 1. The van der Waals surface area contributed by atoms with Crippen molar-refractivity contribution in [2.75, 3.05) is 49.1 Å². The summed E-state index contributed by atoms with van der Waals surface area (Å²) in [6.07, 6.45) is 5.09. The molecule has 146 valence electrons. The van der Waals surface area contributed by atoms with Crippen LogP contribution in [-0.2, 0) is 19.5 Å². The zero-order valence-corrected chi connectivity index (χ0v) is 16.5. The molecule has 2 aliphatic rings. The van der Waals surface area contributed by atoms with Crippen LogP contribution in [0.5, 0.6) is 0 Å². The van der Waals surface area contributed by atoms with Crippen LogP contribution in [0.1, 0.15) is 38.2 Å². The van der Waals surface area contributed by atoms with Crippen molar-refractivity contribution in [3.05, 3.63) is 23.9 Å². The molecule has 0 saturated carbocycles. The Labute approximate surface area is 161 Å². The van der Waals surface area contributed by atoms with E-state index in [1.165, 1.54) is 12.8 Å². The summed E-state index contributed by atoms with van der Waals surface area (Å²) in [6, 6.07) is 2.17. The minimum Gasteiger partial charge on any atom is -0.354 e. The number of rotatable bonds is 6. The van der Waals surface area contributed by atoms with E-state index in [-0.39, 0.29) is 0 Å². The molecular weight excluding hydrogens is 340 g/mol. The maximum Gasteiger partial charge on any atom is 0.227 e. The van der Waals surface area contributed by atoms with E-state index in [2.05, 4.69) is 44.7 Å². The Morgan fingerprint density at radius 2 is 1.70 bits per heavy atom. The minimum absolute atomic E-state index is 0.866. The molecule has 0 spiro atoms. The fourth-order valence-electron chi connectivity index (χ4n) is 3.88. The predicted molar refractivity (Wildman–Crippen MR) is 106 cm³/mol. The predicted octanol–water partition coefficient (Wildman–Crippen LogP) is 1.57. The normalized spacial score (nSPS) is 18.4. The maximum absolute atomic E-state index is 4.91. The second-order valence-corrected chi connectivity index (χ2v) is 7.32. The lowest BCUT2D eigenvalue weighted by Gasteiger charge is -2.35. The van der Waals surface area contributed by atoms with Crippen molar-refractivity contribution in [3.8, 4) is 0 Å². The topological polar surface area (TPSA) is 66.2 Å². The van der Waals surface area contributed by atoms with Crippen LogP contribution in [0.3, 0.4) is 0 Å². The molecule has 8 heteroatoms. The van der Waals surface area contributed by atoms with E-state index < -0.39 is 0 Å². The van der Waals surface area contributed by atoms with Gasteiger partial charge in [-0.2, -0.15) is 10.1 Å². The number of aromatic nitrogens is 5. The molecule has 2 aromatic heterocycles. The fourth-order valence-corrected chi connectivity index (χ4v) is 3.88. The zero-order valence-electron chi connectivity index (χ0n) is 16.5. The highest BCUT2D eigenvalue weighted by atomic mass is 15.4. The van der Waals surface area contributed by atoms with Crippen molar-refractivity contribution >= 4 is 11.8 Å². The highest BCUT2D eigenvalue weighted by molar-refractivity contribution is 5.47. The number of nitrogens with zero attached hydrogens (tertiary/aromatic N) is 8. The molecule has 4 rings (SSSR count). The van der Waals surface area contributed by atoms with Crippen molar-refractivity contribution in [1.82, 2.24) is 29.6 Å². The molecule has 0 radical (unpaired) electrons. The van der Waals surface area contributed by atoms with Gasteiger partial charge < -0.3 is 9.80 Å². The lowest BCUT2D eigenvalue weighted by molar-refractivity contribution is 0.239. The first-order chi connectivity index (χ1) is 13.3. The summed E-state index contributed by atoms with van der Waals surface area (Å²) < 4.78 is 1.98. The summed E-state index contributed by atoms with van der Waals surface area (Å²) in [5.74, 6) is 3.05. The molecule has 2 fully saturated rings. The number of hydrogen-bond donors (Lipinski definition) is 0. The molecule has 0 amide bonds. The summed E-state index contributed by atoms with van der Waals surface area (Å²) in [6.45, 7) is 12.2. The van der Waals surface area contributed by atoms with Crippen LogP contribution in [-0.4, -0.2) is 68.9 Å². The minimum atomic E-state index is 0.866. The van der Waals surface area contributed by atoms with Gasteiger partial charge in [0.05, 0.1) is 6.54 Å². The molecule has 0 atom stereocenters. The third-order valence-electron chi connectivity index (χ3n) is 5.56. The molecule has 0 aromatic carbocycles. The smallest absolute Gasteiger partial charge is 0.227 e. The van der Waals surface area contributed by atoms with Crippen molar-refractivity contribution < 1.29 is 0 Å². The molecule has 0 unspecified atom stereocenters. The Kier molecular flexibility index (Phi) is 5.52. The van der Waals surface area contributed by atoms with E-state index in [0.29, 0.717) is 0 Å². The maximum atomic E-state index is 4.91. The van der Waals surface area contributed by atoms with Crippen molar-refractivity contribution in [2.24, 2.45) is 0 Å². The van der Waals surface area contributed by atoms with Gasteiger partial charge in [-0.05, 0) is 26.2 Å². The average Bonchev–Trinajstić information content (AvgIpc) is 3.40. The number of hydrogen-bond acceptors (Lipinski definition) is 7. The molecule has 2 aromatic rings. The largest absolute Gasteiger partial charge is 0.354 e. The van der Waals surface area contributed by atoms with Gasteiger partial charge in [-0.15, -0.1) is 0 Å². The zero-order chi connectivity index (χ0) is 18.6. The van der Waals surface area contributed by atoms with Crippen LogP contribution < -0.4 is 9.80 Å². The first-order valence-electron chi connectivity index (χ1n) is 10.2. The molecular formula is C19H30N8. The Hall–Kier alpha value is -2.22. The molecule has 2 saturated heterocycles. The van der Waals surface area contributed by atoms with E-state index in [0.717, 1.165) is 82.1 Å². The SMILES string of the molecule is CCc1cc(N2CCN(Cc3ncnn3CC)CC2)nc(N2CCCC2)n1. The van der Waals surface area contributed by atoms with Crippen LogP contribution in [0.25, 0.3) is 0 Å². The van der Waals surface area contributed by atoms with Crippen LogP contribution in [0, 0.1) is 0 Å². The van der Waals surface area contributed by atoms with Gasteiger partial charge in [0.15, 0.2) is 0 Å². The molecule has 2 aliphatic heterocycles. The van der Waals surface area contributed by atoms with Crippen molar-refractivity contribution in [2.45, 2.75) is 46.2 Å².